The molecule has 4 aromatic heterocycles. The van der Waals surface area contributed by atoms with Gasteiger partial charge < -0.3 is 4.74 Å². The molecule has 1 saturated carbocycles. The van der Waals surface area contributed by atoms with Gasteiger partial charge in [-0.15, -0.1) is 0 Å². The highest BCUT2D eigenvalue weighted by Crippen LogP contribution is 2.43. The van der Waals surface area contributed by atoms with Crippen molar-refractivity contribution in [3.63, 3.8) is 0 Å². The van der Waals surface area contributed by atoms with Gasteiger partial charge in [0.25, 0.3) is 5.56 Å². The van der Waals surface area contributed by atoms with Crippen LogP contribution in [-0.4, -0.2) is 32.8 Å². The molecule has 0 amide bonds. The molecule has 1 fully saturated rings. The van der Waals surface area contributed by atoms with E-state index in [1.165, 1.54) is 22.9 Å². The van der Waals surface area contributed by atoms with Crippen molar-refractivity contribution < 1.29 is 17.9 Å². The zero-order valence-electron chi connectivity index (χ0n) is 22.3. The summed E-state index contributed by atoms with van der Waals surface area (Å²) in [5.41, 5.74) is 4.19. The summed E-state index contributed by atoms with van der Waals surface area (Å²) in [6.07, 6.45) is 1.11. The van der Waals surface area contributed by atoms with E-state index in [4.69, 9.17) is 4.74 Å². The molecule has 39 heavy (non-hydrogen) atoms. The molecule has 0 aromatic carbocycles. The van der Waals surface area contributed by atoms with Crippen LogP contribution in [-0.2, 0) is 13.0 Å². The van der Waals surface area contributed by atoms with Gasteiger partial charge in [0.05, 0.1) is 25.8 Å². The second-order valence-corrected chi connectivity index (χ2v) is 10.4. The molecule has 0 spiro atoms. The molecular formula is C30H31F3N4O2. The van der Waals surface area contributed by atoms with Crippen molar-refractivity contribution in [2.45, 2.75) is 70.5 Å². The largest absolute Gasteiger partial charge is 0.481 e. The van der Waals surface area contributed by atoms with Gasteiger partial charge in [-0.1, -0.05) is 6.07 Å². The van der Waals surface area contributed by atoms with E-state index in [0.29, 0.717) is 17.1 Å². The Labute approximate surface area is 224 Å². The van der Waals surface area contributed by atoms with Crippen LogP contribution in [0, 0.1) is 13.8 Å². The second-order valence-electron chi connectivity index (χ2n) is 10.4. The van der Waals surface area contributed by atoms with Crippen molar-refractivity contribution in [3.05, 3.63) is 92.8 Å². The average Bonchev–Trinajstić information content (AvgIpc) is 2.90. The Morgan fingerprint density at radius 1 is 1.00 bits per heavy atom. The van der Waals surface area contributed by atoms with Gasteiger partial charge in [-0.25, -0.2) is 9.97 Å². The van der Waals surface area contributed by atoms with Crippen molar-refractivity contribution in [1.82, 2.24) is 19.5 Å². The molecule has 0 radical (unpaired) electrons. The normalized spacial score (nSPS) is 17.9. The number of fused-ring (bicyclic) bond motifs is 1. The van der Waals surface area contributed by atoms with Crippen LogP contribution in [0.15, 0.2) is 53.6 Å². The van der Waals surface area contributed by atoms with E-state index in [2.05, 4.69) is 21.9 Å². The number of hydrogen-bond donors (Lipinski definition) is 0. The minimum atomic E-state index is -4.38. The van der Waals surface area contributed by atoms with Crippen LogP contribution in [0.1, 0.15) is 71.2 Å². The van der Waals surface area contributed by atoms with Crippen LogP contribution >= 0.6 is 0 Å². The first-order chi connectivity index (χ1) is 18.6. The molecule has 0 atom stereocenters. The number of alkyl halides is 3. The summed E-state index contributed by atoms with van der Waals surface area (Å²) in [7, 11) is 1.63. The van der Waals surface area contributed by atoms with Gasteiger partial charge in [0.1, 0.15) is 5.65 Å². The third-order valence-corrected chi connectivity index (χ3v) is 7.73. The maximum atomic E-state index is 13.9. The number of nitrogens with zero attached hydrogens (tertiary/aromatic N) is 4. The van der Waals surface area contributed by atoms with Crippen LogP contribution in [0.25, 0.3) is 11.0 Å². The lowest BCUT2D eigenvalue weighted by molar-refractivity contribution is -0.127. The maximum absolute atomic E-state index is 13.9. The quantitative estimate of drug-likeness (QED) is 0.285. The van der Waals surface area contributed by atoms with Gasteiger partial charge in [0, 0.05) is 34.6 Å². The Bertz CT molecular complexity index is 1560. The third kappa shape index (κ3) is 5.67. The first-order valence-electron chi connectivity index (χ1n) is 13.1. The lowest BCUT2D eigenvalue weighted by atomic mass is 9.75. The zero-order valence-corrected chi connectivity index (χ0v) is 22.3. The topological polar surface area (TPSA) is 69.9 Å². The number of aryl methyl sites for hydroxylation is 2. The van der Waals surface area contributed by atoms with Crippen LogP contribution in [0.4, 0.5) is 13.2 Å². The summed E-state index contributed by atoms with van der Waals surface area (Å²) in [4.78, 5) is 27.2. The molecule has 5 rings (SSSR count). The molecule has 1 aliphatic rings. The third-order valence-electron chi connectivity index (χ3n) is 7.73. The fraction of sp³-hybridized carbons (Fsp3) is 0.400. The van der Waals surface area contributed by atoms with Gasteiger partial charge in [0.15, 0.2) is 0 Å². The number of halogens is 3. The minimum absolute atomic E-state index is 0.0343. The monoisotopic (exact) mass is 536 g/mol. The van der Waals surface area contributed by atoms with E-state index in [9.17, 15) is 18.0 Å². The van der Waals surface area contributed by atoms with Gasteiger partial charge >= 0.3 is 6.18 Å². The van der Waals surface area contributed by atoms with E-state index in [0.717, 1.165) is 47.9 Å². The van der Waals surface area contributed by atoms with Gasteiger partial charge in [-0.2, -0.15) is 13.2 Å². The summed E-state index contributed by atoms with van der Waals surface area (Å²) >= 11 is 0. The number of ether oxygens (including phenoxy) is 1. The van der Waals surface area contributed by atoms with E-state index in [1.54, 1.807) is 13.3 Å². The van der Waals surface area contributed by atoms with Gasteiger partial charge in [0.2, 0.25) is 5.88 Å². The lowest BCUT2D eigenvalue weighted by Gasteiger charge is -2.30. The molecule has 0 unspecified atom stereocenters. The van der Waals surface area contributed by atoms with E-state index in [1.807, 2.05) is 31.2 Å². The maximum Gasteiger partial charge on any atom is 0.393 e. The predicted molar refractivity (Wildman–Crippen MR) is 143 cm³/mol. The number of rotatable bonds is 6. The number of hydrogen-bond acceptors (Lipinski definition) is 5. The molecule has 6 nitrogen and oxygen atoms in total. The van der Waals surface area contributed by atoms with E-state index >= 15 is 0 Å². The molecule has 0 saturated heterocycles. The average molecular weight is 537 g/mol. The van der Waals surface area contributed by atoms with Gasteiger partial charge in [-0.05, 0) is 92.8 Å². The molecule has 0 N–H and O–H groups in total. The van der Waals surface area contributed by atoms with Crippen molar-refractivity contribution >= 4 is 11.0 Å². The fourth-order valence-electron chi connectivity index (χ4n) is 5.84. The highest BCUT2D eigenvalue weighted by atomic mass is 19.4. The highest BCUT2D eigenvalue weighted by molar-refractivity contribution is 5.76. The molecule has 0 bridgehead atoms. The molecule has 4 aromatic rings. The van der Waals surface area contributed by atoms with E-state index < -0.39 is 12.6 Å². The Hall–Kier alpha value is -3.75. The van der Waals surface area contributed by atoms with Crippen molar-refractivity contribution in [2.75, 3.05) is 7.11 Å². The predicted octanol–water partition coefficient (Wildman–Crippen LogP) is 6.41. The standard InChI is InChI=1S/C30H31F3N4O2/c1-18-12-14-35-28(39-3)26(18)21-10-8-20(9-11-21)24-15-22-7-6-19(2)36-27(22)37(29(24)38)17-25-23(5-4-13-34-25)16-30(31,32)33/h4-7,12-15,20-21H,8-11,16-17H2,1-3H3/t20-,21-. The molecule has 1 aliphatic carbocycles. The lowest BCUT2D eigenvalue weighted by Crippen LogP contribution is -2.29. The van der Waals surface area contributed by atoms with Crippen LogP contribution < -0.4 is 10.3 Å². The Morgan fingerprint density at radius 3 is 2.46 bits per heavy atom. The molecule has 4 heterocycles. The summed E-state index contributed by atoms with van der Waals surface area (Å²) in [5.74, 6) is 0.973. The van der Waals surface area contributed by atoms with Crippen molar-refractivity contribution in [3.8, 4) is 5.88 Å². The number of pyridine rings is 4. The summed E-state index contributed by atoms with van der Waals surface area (Å²) in [6.45, 7) is 3.81. The SMILES string of the molecule is COc1nccc(C)c1[C@H]1CC[C@H](c2cc3ccc(C)nc3n(Cc3ncccc3CC(F)(F)F)c2=O)CC1. The molecule has 0 aliphatic heterocycles. The zero-order chi connectivity index (χ0) is 27.7. The van der Waals surface area contributed by atoms with Crippen molar-refractivity contribution in [1.29, 1.82) is 0 Å². The van der Waals surface area contributed by atoms with Crippen LogP contribution in [0.5, 0.6) is 5.88 Å². The van der Waals surface area contributed by atoms with Crippen LogP contribution in [0.2, 0.25) is 0 Å². The first kappa shape index (κ1) is 26.8. The van der Waals surface area contributed by atoms with Crippen LogP contribution in [0.3, 0.4) is 0 Å². The number of methoxy groups -OCH3 is 1. The van der Waals surface area contributed by atoms with E-state index in [-0.39, 0.29) is 35.2 Å². The molecule has 9 heteroatoms. The molecule has 204 valence electrons. The minimum Gasteiger partial charge on any atom is -0.481 e. The fourth-order valence-corrected chi connectivity index (χ4v) is 5.84. The smallest absolute Gasteiger partial charge is 0.393 e. The second kappa shape index (κ2) is 10.8. The summed E-state index contributed by atoms with van der Waals surface area (Å²) in [5, 5.41) is 0.787. The number of aromatic nitrogens is 4. The first-order valence-corrected chi connectivity index (χ1v) is 13.1. The summed E-state index contributed by atoms with van der Waals surface area (Å²) in [6, 6.07) is 10.6. The van der Waals surface area contributed by atoms with Crippen molar-refractivity contribution in [2.24, 2.45) is 0 Å². The molecular weight excluding hydrogens is 505 g/mol. The Morgan fingerprint density at radius 2 is 1.74 bits per heavy atom. The Kier molecular flexibility index (Phi) is 7.42. The highest BCUT2D eigenvalue weighted by Gasteiger charge is 2.31. The Balaban J connectivity index is 1.50. The van der Waals surface area contributed by atoms with Gasteiger partial charge in [-0.3, -0.25) is 14.3 Å². The summed E-state index contributed by atoms with van der Waals surface area (Å²) < 4.78 is 46.8.